The Hall–Kier alpha value is -2.30. The Kier molecular flexibility index (Phi) is 5.18. The van der Waals surface area contributed by atoms with Crippen LogP contribution >= 0.6 is 0 Å². The Balaban J connectivity index is 1.47. The zero-order valence-electron chi connectivity index (χ0n) is 14.0. The topological polar surface area (TPSA) is 71.2 Å². The van der Waals surface area contributed by atoms with Crippen molar-refractivity contribution in [2.75, 3.05) is 6.61 Å². The van der Waals surface area contributed by atoms with Crippen LogP contribution in [-0.4, -0.2) is 29.5 Å². The maximum atomic E-state index is 12.0. The summed E-state index contributed by atoms with van der Waals surface area (Å²) in [6.45, 7) is 1.96. The van der Waals surface area contributed by atoms with Crippen LogP contribution in [0.5, 0.6) is 0 Å². The number of para-hydroxylation sites is 1. The number of amides is 1. The van der Waals surface area contributed by atoms with Gasteiger partial charge in [0.2, 0.25) is 0 Å². The highest BCUT2D eigenvalue weighted by Crippen LogP contribution is 2.23. The molecule has 2 aromatic rings. The Morgan fingerprint density at radius 1 is 1.25 bits per heavy atom. The molecule has 0 saturated heterocycles. The number of aromatic nitrogens is 1. The first kappa shape index (κ1) is 16.6. The fourth-order valence-corrected chi connectivity index (χ4v) is 3.41. The average Bonchev–Trinajstić information content (AvgIpc) is 2.98. The molecular formula is C19H24N2O3. The normalized spacial score (nSPS) is 20.7. The second-order valence-electron chi connectivity index (χ2n) is 6.63. The number of fused-ring (bicyclic) bond motifs is 1. The molecule has 2 atom stereocenters. The van der Waals surface area contributed by atoms with E-state index in [1.54, 1.807) is 0 Å². The van der Waals surface area contributed by atoms with Gasteiger partial charge in [-0.25, -0.2) is 0 Å². The van der Waals surface area contributed by atoms with Crippen LogP contribution in [-0.2, 0) is 20.7 Å². The van der Waals surface area contributed by atoms with E-state index in [1.807, 2.05) is 30.5 Å². The van der Waals surface area contributed by atoms with Crippen molar-refractivity contribution < 1.29 is 14.3 Å². The molecule has 5 heteroatoms. The first-order valence-corrected chi connectivity index (χ1v) is 8.63. The van der Waals surface area contributed by atoms with Crippen LogP contribution in [0.25, 0.3) is 10.9 Å². The molecular weight excluding hydrogens is 304 g/mol. The summed E-state index contributed by atoms with van der Waals surface area (Å²) in [5.41, 5.74) is 1.88. The molecule has 0 bridgehead atoms. The molecule has 1 aliphatic rings. The van der Waals surface area contributed by atoms with Crippen LogP contribution in [0.15, 0.2) is 30.5 Å². The molecule has 128 valence electrons. The lowest BCUT2D eigenvalue weighted by Gasteiger charge is -2.29. The second-order valence-corrected chi connectivity index (χ2v) is 6.63. The third-order valence-corrected chi connectivity index (χ3v) is 4.83. The third kappa shape index (κ3) is 3.96. The highest BCUT2D eigenvalue weighted by atomic mass is 16.5. The zero-order valence-corrected chi connectivity index (χ0v) is 14.0. The molecule has 1 aromatic carbocycles. The Morgan fingerprint density at radius 3 is 2.88 bits per heavy atom. The van der Waals surface area contributed by atoms with E-state index < -0.39 is 0 Å². The largest absolute Gasteiger partial charge is 0.455 e. The minimum Gasteiger partial charge on any atom is -0.455 e. The van der Waals surface area contributed by atoms with Crippen molar-refractivity contribution in [1.82, 2.24) is 10.3 Å². The predicted octanol–water partition coefficient (Wildman–Crippen LogP) is 2.95. The molecule has 1 aromatic heterocycles. The summed E-state index contributed by atoms with van der Waals surface area (Å²) in [4.78, 5) is 27.1. The number of nitrogens with one attached hydrogen (secondary N) is 2. The summed E-state index contributed by atoms with van der Waals surface area (Å²) in [7, 11) is 0. The highest BCUT2D eigenvalue weighted by Gasteiger charge is 2.23. The molecule has 3 rings (SSSR count). The molecule has 0 spiro atoms. The van der Waals surface area contributed by atoms with E-state index in [4.69, 9.17) is 4.74 Å². The molecule has 1 heterocycles. The van der Waals surface area contributed by atoms with E-state index in [-0.39, 0.29) is 30.9 Å². The molecule has 5 nitrogen and oxygen atoms in total. The maximum absolute atomic E-state index is 12.0. The number of H-pyrrole nitrogens is 1. The highest BCUT2D eigenvalue weighted by molar-refractivity contribution is 5.88. The molecule has 1 fully saturated rings. The summed E-state index contributed by atoms with van der Waals surface area (Å²) < 4.78 is 5.14. The van der Waals surface area contributed by atoms with Gasteiger partial charge in [-0.2, -0.15) is 0 Å². The molecule has 1 saturated carbocycles. The quantitative estimate of drug-likeness (QED) is 0.829. The van der Waals surface area contributed by atoms with Crippen LogP contribution < -0.4 is 5.32 Å². The number of esters is 1. The SMILES string of the molecule is C[C@H]1CCCC[C@H]1NC(=O)COC(=O)Cc1c[nH]c2ccccc12. The number of benzene rings is 1. The van der Waals surface area contributed by atoms with Crippen LogP contribution in [0.2, 0.25) is 0 Å². The van der Waals surface area contributed by atoms with E-state index in [1.165, 1.54) is 6.42 Å². The summed E-state index contributed by atoms with van der Waals surface area (Å²) in [6.07, 6.45) is 6.51. The molecule has 0 unspecified atom stereocenters. The van der Waals surface area contributed by atoms with Gasteiger partial charge in [-0.3, -0.25) is 9.59 Å². The van der Waals surface area contributed by atoms with E-state index in [0.29, 0.717) is 5.92 Å². The second kappa shape index (κ2) is 7.51. The van der Waals surface area contributed by atoms with Gasteiger partial charge in [0.15, 0.2) is 6.61 Å². The van der Waals surface area contributed by atoms with Crippen molar-refractivity contribution in [3.63, 3.8) is 0 Å². The number of ether oxygens (including phenoxy) is 1. The van der Waals surface area contributed by atoms with Gasteiger partial charge in [0.1, 0.15) is 0 Å². The number of carbonyl (C=O) groups is 2. The van der Waals surface area contributed by atoms with Crippen LogP contribution in [0.3, 0.4) is 0 Å². The minimum absolute atomic E-state index is 0.164. The summed E-state index contributed by atoms with van der Waals surface area (Å²) >= 11 is 0. The van der Waals surface area contributed by atoms with Gasteiger partial charge in [0, 0.05) is 23.1 Å². The summed E-state index contributed by atoms with van der Waals surface area (Å²) in [5.74, 6) is -0.0998. The fraction of sp³-hybridized carbons (Fsp3) is 0.474. The van der Waals surface area contributed by atoms with E-state index in [9.17, 15) is 9.59 Å². The smallest absolute Gasteiger partial charge is 0.310 e. The van der Waals surface area contributed by atoms with Crippen molar-refractivity contribution in [1.29, 1.82) is 0 Å². The van der Waals surface area contributed by atoms with Crippen molar-refractivity contribution in [2.24, 2.45) is 5.92 Å². The van der Waals surface area contributed by atoms with Crippen LogP contribution in [0.1, 0.15) is 38.2 Å². The summed E-state index contributed by atoms with van der Waals surface area (Å²) in [6, 6.07) is 8.01. The predicted molar refractivity (Wildman–Crippen MR) is 92.5 cm³/mol. The maximum Gasteiger partial charge on any atom is 0.310 e. The van der Waals surface area contributed by atoms with Crippen molar-refractivity contribution in [3.05, 3.63) is 36.0 Å². The minimum atomic E-state index is -0.383. The Labute approximate surface area is 141 Å². The van der Waals surface area contributed by atoms with Gasteiger partial charge < -0.3 is 15.0 Å². The lowest BCUT2D eigenvalue weighted by molar-refractivity contribution is -0.148. The summed E-state index contributed by atoms with van der Waals surface area (Å²) in [5, 5.41) is 4.00. The van der Waals surface area contributed by atoms with E-state index >= 15 is 0 Å². The average molecular weight is 328 g/mol. The van der Waals surface area contributed by atoms with Gasteiger partial charge in [0.25, 0.3) is 5.91 Å². The van der Waals surface area contributed by atoms with Crippen molar-refractivity contribution in [2.45, 2.75) is 45.1 Å². The van der Waals surface area contributed by atoms with Gasteiger partial charge in [0.05, 0.1) is 6.42 Å². The molecule has 1 amide bonds. The number of rotatable bonds is 5. The monoisotopic (exact) mass is 328 g/mol. The van der Waals surface area contributed by atoms with Gasteiger partial charge >= 0.3 is 5.97 Å². The Morgan fingerprint density at radius 2 is 2.04 bits per heavy atom. The molecule has 2 N–H and O–H groups in total. The molecule has 0 aliphatic heterocycles. The van der Waals surface area contributed by atoms with Gasteiger partial charge in [-0.05, 0) is 30.4 Å². The lowest BCUT2D eigenvalue weighted by atomic mass is 9.86. The first-order valence-electron chi connectivity index (χ1n) is 8.63. The van der Waals surface area contributed by atoms with Gasteiger partial charge in [-0.15, -0.1) is 0 Å². The molecule has 24 heavy (non-hydrogen) atoms. The number of aromatic amines is 1. The third-order valence-electron chi connectivity index (χ3n) is 4.83. The van der Waals surface area contributed by atoms with E-state index in [0.717, 1.165) is 35.7 Å². The van der Waals surface area contributed by atoms with Crippen LogP contribution in [0.4, 0.5) is 0 Å². The Bertz CT molecular complexity index is 722. The van der Waals surface area contributed by atoms with Crippen molar-refractivity contribution in [3.8, 4) is 0 Å². The zero-order chi connectivity index (χ0) is 16.9. The standard InChI is InChI=1S/C19H24N2O3/c1-13-6-2-4-8-16(13)21-18(22)12-24-19(23)10-14-11-20-17-9-5-3-7-15(14)17/h3,5,7,9,11,13,16,20H,2,4,6,8,10,12H2,1H3,(H,21,22)/t13-,16+/m0/s1. The van der Waals surface area contributed by atoms with Gasteiger partial charge in [-0.1, -0.05) is 38.0 Å². The number of hydrogen-bond donors (Lipinski definition) is 2. The van der Waals surface area contributed by atoms with Crippen LogP contribution in [0, 0.1) is 5.92 Å². The molecule has 1 aliphatic carbocycles. The molecule has 0 radical (unpaired) electrons. The lowest BCUT2D eigenvalue weighted by Crippen LogP contribution is -2.42. The van der Waals surface area contributed by atoms with Crippen molar-refractivity contribution >= 4 is 22.8 Å². The number of carbonyl (C=O) groups excluding carboxylic acids is 2. The first-order chi connectivity index (χ1) is 11.6. The fourth-order valence-electron chi connectivity index (χ4n) is 3.41. The van der Waals surface area contributed by atoms with E-state index in [2.05, 4.69) is 17.2 Å². The number of hydrogen-bond acceptors (Lipinski definition) is 3.